The summed E-state index contributed by atoms with van der Waals surface area (Å²) in [6, 6.07) is 20.7. The van der Waals surface area contributed by atoms with Gasteiger partial charge in [0, 0.05) is 23.0 Å². The van der Waals surface area contributed by atoms with Crippen LogP contribution in [0.1, 0.15) is 12.5 Å². The van der Waals surface area contributed by atoms with E-state index >= 15 is 0 Å². The van der Waals surface area contributed by atoms with E-state index in [4.69, 9.17) is 0 Å². The van der Waals surface area contributed by atoms with Gasteiger partial charge >= 0.3 is 0 Å². The number of allylic oxidation sites excluding steroid dienone is 2. The van der Waals surface area contributed by atoms with Crippen LogP contribution >= 0.6 is 11.8 Å². The Labute approximate surface area is 135 Å². The molecule has 0 aliphatic carbocycles. The predicted molar refractivity (Wildman–Crippen MR) is 97.0 cm³/mol. The van der Waals surface area contributed by atoms with Crippen LogP contribution in [0.2, 0.25) is 0 Å². The van der Waals surface area contributed by atoms with Crippen LogP contribution in [-0.2, 0) is 6.54 Å². The molecule has 3 rings (SSSR count). The zero-order valence-corrected chi connectivity index (χ0v) is 13.3. The molecule has 0 amide bonds. The lowest BCUT2D eigenvalue weighted by Crippen LogP contribution is -2.22. The highest BCUT2D eigenvalue weighted by Gasteiger charge is 2.15. The van der Waals surface area contributed by atoms with Crippen molar-refractivity contribution in [2.45, 2.75) is 13.5 Å². The molecule has 0 unspecified atom stereocenters. The summed E-state index contributed by atoms with van der Waals surface area (Å²) < 4.78 is 0. The molecule has 0 radical (unpaired) electrons. The molecule has 3 heteroatoms. The molecule has 0 spiro atoms. The van der Waals surface area contributed by atoms with Gasteiger partial charge in [-0.1, -0.05) is 48.5 Å². The van der Waals surface area contributed by atoms with Crippen LogP contribution in [0.4, 0.5) is 5.69 Å². The van der Waals surface area contributed by atoms with Crippen molar-refractivity contribution in [2.24, 2.45) is 4.99 Å². The number of para-hydroxylation sites is 1. The number of benzene rings is 2. The highest BCUT2D eigenvalue weighted by atomic mass is 32.2. The van der Waals surface area contributed by atoms with Crippen LogP contribution in [0.3, 0.4) is 0 Å². The van der Waals surface area contributed by atoms with Crippen molar-refractivity contribution in [2.75, 3.05) is 4.90 Å². The molecule has 22 heavy (non-hydrogen) atoms. The Morgan fingerprint density at radius 1 is 0.955 bits per heavy atom. The molecule has 1 aliphatic heterocycles. The SMILES string of the molecule is CC1=CSC=C(C=NCc2ccccc2)N1c1ccccc1. The van der Waals surface area contributed by atoms with E-state index in [1.54, 1.807) is 11.8 Å². The van der Waals surface area contributed by atoms with E-state index in [1.807, 2.05) is 30.5 Å². The molecular formula is C19H18N2S. The molecule has 2 aromatic rings. The zero-order chi connectivity index (χ0) is 15.2. The molecule has 1 aliphatic rings. The van der Waals surface area contributed by atoms with E-state index in [1.165, 1.54) is 11.3 Å². The molecule has 0 fully saturated rings. The number of rotatable bonds is 4. The third kappa shape index (κ3) is 3.49. The van der Waals surface area contributed by atoms with Crippen LogP contribution in [0.25, 0.3) is 0 Å². The van der Waals surface area contributed by atoms with Gasteiger partial charge in [-0.3, -0.25) is 4.99 Å². The third-order valence-electron chi connectivity index (χ3n) is 3.39. The first-order valence-electron chi connectivity index (χ1n) is 7.26. The van der Waals surface area contributed by atoms with Gasteiger partial charge in [0.05, 0.1) is 12.2 Å². The number of hydrogen-bond donors (Lipinski definition) is 0. The van der Waals surface area contributed by atoms with Crippen molar-refractivity contribution in [1.82, 2.24) is 0 Å². The zero-order valence-electron chi connectivity index (χ0n) is 12.5. The Morgan fingerprint density at radius 2 is 1.64 bits per heavy atom. The van der Waals surface area contributed by atoms with Gasteiger partial charge in [0.25, 0.3) is 0 Å². The molecule has 0 bridgehead atoms. The van der Waals surface area contributed by atoms with Gasteiger partial charge in [-0.15, -0.1) is 11.8 Å². The lowest BCUT2D eigenvalue weighted by Gasteiger charge is -2.28. The molecule has 110 valence electrons. The fraction of sp³-hybridized carbons (Fsp3) is 0.105. The third-order valence-corrected chi connectivity index (χ3v) is 4.25. The van der Waals surface area contributed by atoms with E-state index in [2.05, 4.69) is 64.0 Å². The first-order chi connectivity index (χ1) is 10.8. The predicted octanol–water partition coefficient (Wildman–Crippen LogP) is 5.21. The number of aliphatic imine (C=N–C) groups is 1. The average Bonchev–Trinajstić information content (AvgIpc) is 2.57. The summed E-state index contributed by atoms with van der Waals surface area (Å²) in [5, 5.41) is 4.29. The molecule has 0 N–H and O–H groups in total. The Kier molecular flexibility index (Phi) is 4.76. The fourth-order valence-corrected chi connectivity index (χ4v) is 3.03. The standard InChI is InChI=1S/C19H18N2S/c1-16-14-22-15-19(21(16)18-10-6-3-7-11-18)13-20-12-17-8-4-2-5-9-17/h2-11,13-15H,12H2,1H3. The molecular weight excluding hydrogens is 288 g/mol. The van der Waals surface area contributed by atoms with Gasteiger partial charge in [-0.2, -0.15) is 0 Å². The molecule has 2 nitrogen and oxygen atoms in total. The van der Waals surface area contributed by atoms with Gasteiger partial charge in [-0.05, 0) is 30.0 Å². The smallest absolute Gasteiger partial charge is 0.0703 e. The van der Waals surface area contributed by atoms with E-state index < -0.39 is 0 Å². The van der Waals surface area contributed by atoms with Crippen molar-refractivity contribution in [1.29, 1.82) is 0 Å². The maximum absolute atomic E-state index is 4.60. The van der Waals surface area contributed by atoms with Crippen LogP contribution in [0, 0.1) is 0 Å². The Bertz CT molecular complexity index is 703. The summed E-state index contributed by atoms with van der Waals surface area (Å²) in [4.78, 5) is 6.83. The average molecular weight is 306 g/mol. The Morgan fingerprint density at radius 3 is 2.36 bits per heavy atom. The minimum absolute atomic E-state index is 0.703. The van der Waals surface area contributed by atoms with Gasteiger partial charge in [0.2, 0.25) is 0 Å². The van der Waals surface area contributed by atoms with E-state index in [0.717, 1.165) is 11.4 Å². The van der Waals surface area contributed by atoms with Crippen LogP contribution in [0.5, 0.6) is 0 Å². The summed E-state index contributed by atoms with van der Waals surface area (Å²) in [5.74, 6) is 0. The van der Waals surface area contributed by atoms with Crippen molar-refractivity contribution in [3.8, 4) is 0 Å². The largest absolute Gasteiger partial charge is 0.312 e. The van der Waals surface area contributed by atoms with Gasteiger partial charge < -0.3 is 4.90 Å². The van der Waals surface area contributed by atoms with E-state index in [-0.39, 0.29) is 0 Å². The second-order valence-corrected chi connectivity index (χ2v) is 5.81. The van der Waals surface area contributed by atoms with Crippen LogP contribution < -0.4 is 4.90 Å². The van der Waals surface area contributed by atoms with E-state index in [0.29, 0.717) is 6.54 Å². The summed E-state index contributed by atoms with van der Waals surface area (Å²) >= 11 is 1.70. The number of thioether (sulfide) groups is 1. The highest BCUT2D eigenvalue weighted by Crippen LogP contribution is 2.30. The second kappa shape index (κ2) is 7.14. The first-order valence-corrected chi connectivity index (χ1v) is 8.20. The normalized spacial score (nSPS) is 14.9. The summed E-state index contributed by atoms with van der Waals surface area (Å²) in [6.07, 6.45) is 1.96. The quantitative estimate of drug-likeness (QED) is 0.720. The van der Waals surface area contributed by atoms with Crippen LogP contribution in [0.15, 0.2) is 87.9 Å². The molecule has 0 saturated heterocycles. The molecule has 0 atom stereocenters. The van der Waals surface area contributed by atoms with Crippen LogP contribution in [-0.4, -0.2) is 6.21 Å². The van der Waals surface area contributed by atoms with Gasteiger partial charge in [0.15, 0.2) is 0 Å². The lowest BCUT2D eigenvalue weighted by molar-refractivity contribution is 1.06. The molecule has 2 aromatic carbocycles. The summed E-state index contributed by atoms with van der Waals surface area (Å²) in [5.41, 5.74) is 4.70. The van der Waals surface area contributed by atoms with Crippen molar-refractivity contribution < 1.29 is 0 Å². The maximum atomic E-state index is 4.60. The summed E-state index contributed by atoms with van der Waals surface area (Å²) in [6.45, 7) is 2.83. The maximum Gasteiger partial charge on any atom is 0.0703 e. The second-order valence-electron chi connectivity index (χ2n) is 5.06. The van der Waals surface area contributed by atoms with Crippen molar-refractivity contribution in [3.05, 3.63) is 88.4 Å². The number of hydrogen-bond acceptors (Lipinski definition) is 3. The van der Waals surface area contributed by atoms with Crippen molar-refractivity contribution >= 4 is 23.7 Å². The van der Waals surface area contributed by atoms with Gasteiger partial charge in [-0.25, -0.2) is 0 Å². The summed E-state index contributed by atoms with van der Waals surface area (Å²) in [7, 11) is 0. The Balaban J connectivity index is 1.78. The first kappa shape index (κ1) is 14.7. The van der Waals surface area contributed by atoms with E-state index in [9.17, 15) is 0 Å². The topological polar surface area (TPSA) is 15.6 Å². The lowest BCUT2D eigenvalue weighted by atomic mass is 10.2. The number of nitrogens with zero attached hydrogens (tertiary/aromatic N) is 2. The highest BCUT2D eigenvalue weighted by molar-refractivity contribution is 8.05. The Hall–Kier alpha value is -2.26. The fourth-order valence-electron chi connectivity index (χ4n) is 2.36. The molecule has 0 saturated carbocycles. The molecule has 1 heterocycles. The van der Waals surface area contributed by atoms with Crippen molar-refractivity contribution in [3.63, 3.8) is 0 Å². The van der Waals surface area contributed by atoms with Gasteiger partial charge in [0.1, 0.15) is 0 Å². The minimum Gasteiger partial charge on any atom is -0.312 e. The minimum atomic E-state index is 0.703. The molecule has 0 aromatic heterocycles. The monoisotopic (exact) mass is 306 g/mol. The number of anilines is 1.